The Balaban J connectivity index is 2.06. The monoisotopic (exact) mass is 192 g/mol. The first-order chi connectivity index (χ1) is 6.92. The average Bonchev–Trinajstić information content (AvgIpc) is 2.67. The summed E-state index contributed by atoms with van der Waals surface area (Å²) in [6.07, 6.45) is 6.05. The fourth-order valence-corrected chi connectivity index (χ4v) is 1.82. The van der Waals surface area contributed by atoms with Gasteiger partial charge in [-0.1, -0.05) is 0 Å². The van der Waals surface area contributed by atoms with E-state index in [1.165, 1.54) is 17.7 Å². The molecule has 0 atom stereocenters. The largest absolute Gasteiger partial charge is 0.370 e. The van der Waals surface area contributed by atoms with Crippen LogP contribution < -0.4 is 11.1 Å². The normalized spacial score (nSPS) is 14.1. The number of rotatable bonds is 4. The summed E-state index contributed by atoms with van der Waals surface area (Å²) in [6, 6.07) is 0. The van der Waals surface area contributed by atoms with E-state index >= 15 is 0 Å². The number of nitrogens with two attached hydrogens (primary N) is 1. The van der Waals surface area contributed by atoms with Crippen LogP contribution in [0.3, 0.4) is 0 Å². The van der Waals surface area contributed by atoms with Crippen LogP contribution in [0.2, 0.25) is 0 Å². The molecule has 1 aliphatic rings. The summed E-state index contributed by atoms with van der Waals surface area (Å²) in [5, 5.41) is 3.31. The minimum atomic E-state index is 0.722. The zero-order valence-electron chi connectivity index (χ0n) is 8.29. The molecule has 1 aliphatic carbocycles. The van der Waals surface area contributed by atoms with Crippen LogP contribution >= 0.6 is 0 Å². The van der Waals surface area contributed by atoms with Gasteiger partial charge in [0.1, 0.15) is 12.1 Å². The van der Waals surface area contributed by atoms with Crippen molar-refractivity contribution >= 4 is 5.82 Å². The van der Waals surface area contributed by atoms with Gasteiger partial charge in [-0.3, -0.25) is 0 Å². The second-order valence-electron chi connectivity index (χ2n) is 3.57. The number of nitrogens with zero attached hydrogens (tertiary/aromatic N) is 2. The molecule has 1 heterocycles. The standard InChI is InChI=1S/C10H16N4/c11-5-2-6-12-10-8-3-1-4-9(8)13-7-14-10/h7H,1-6,11H2,(H,12,13,14). The van der Waals surface area contributed by atoms with Crippen molar-refractivity contribution in [2.24, 2.45) is 5.73 Å². The van der Waals surface area contributed by atoms with Crippen molar-refractivity contribution in [3.63, 3.8) is 0 Å². The number of nitrogens with one attached hydrogen (secondary N) is 1. The molecule has 2 rings (SSSR count). The van der Waals surface area contributed by atoms with Crippen molar-refractivity contribution in [2.45, 2.75) is 25.7 Å². The maximum atomic E-state index is 5.43. The van der Waals surface area contributed by atoms with Gasteiger partial charge in [-0.05, 0) is 32.2 Å². The van der Waals surface area contributed by atoms with Crippen molar-refractivity contribution in [3.05, 3.63) is 17.6 Å². The minimum absolute atomic E-state index is 0.722. The second kappa shape index (κ2) is 4.37. The smallest absolute Gasteiger partial charge is 0.132 e. The Labute approximate surface area is 83.9 Å². The van der Waals surface area contributed by atoms with E-state index in [9.17, 15) is 0 Å². The molecule has 0 aromatic carbocycles. The average molecular weight is 192 g/mol. The summed E-state index contributed by atoms with van der Waals surface area (Å²) in [5.74, 6) is 1.01. The van der Waals surface area contributed by atoms with E-state index in [1.807, 2.05) is 0 Å². The Bertz CT molecular complexity index is 311. The summed E-state index contributed by atoms with van der Waals surface area (Å²) in [4.78, 5) is 8.53. The minimum Gasteiger partial charge on any atom is -0.370 e. The Morgan fingerprint density at radius 3 is 3.14 bits per heavy atom. The van der Waals surface area contributed by atoms with E-state index in [2.05, 4.69) is 15.3 Å². The van der Waals surface area contributed by atoms with E-state index in [1.54, 1.807) is 6.33 Å². The zero-order chi connectivity index (χ0) is 9.80. The molecule has 76 valence electrons. The second-order valence-corrected chi connectivity index (χ2v) is 3.57. The highest BCUT2D eigenvalue weighted by Gasteiger charge is 2.16. The van der Waals surface area contributed by atoms with Crippen molar-refractivity contribution in [1.82, 2.24) is 9.97 Å². The Morgan fingerprint density at radius 2 is 2.29 bits per heavy atom. The lowest BCUT2D eigenvalue weighted by Gasteiger charge is -2.08. The number of fused-ring (bicyclic) bond motifs is 1. The molecule has 1 aromatic heterocycles. The van der Waals surface area contributed by atoms with Gasteiger partial charge in [0.25, 0.3) is 0 Å². The van der Waals surface area contributed by atoms with Crippen LogP contribution in [-0.4, -0.2) is 23.1 Å². The highest BCUT2D eigenvalue weighted by atomic mass is 15.0. The molecule has 4 heteroatoms. The Kier molecular flexibility index (Phi) is 2.93. The summed E-state index contributed by atoms with van der Waals surface area (Å²) in [5.41, 5.74) is 7.96. The third-order valence-corrected chi connectivity index (χ3v) is 2.55. The molecule has 1 aromatic rings. The van der Waals surface area contributed by atoms with Gasteiger partial charge in [0.05, 0.1) is 0 Å². The fraction of sp³-hybridized carbons (Fsp3) is 0.600. The van der Waals surface area contributed by atoms with Crippen molar-refractivity contribution in [3.8, 4) is 0 Å². The lowest BCUT2D eigenvalue weighted by Crippen LogP contribution is -2.11. The quantitative estimate of drug-likeness (QED) is 0.690. The fourth-order valence-electron chi connectivity index (χ4n) is 1.82. The maximum Gasteiger partial charge on any atom is 0.132 e. The van der Waals surface area contributed by atoms with Crippen LogP contribution in [0.25, 0.3) is 0 Å². The number of aromatic nitrogens is 2. The SMILES string of the molecule is NCCCNc1ncnc2c1CCC2. The molecular formula is C10H16N4. The van der Waals surface area contributed by atoms with Crippen LogP contribution in [0.15, 0.2) is 6.33 Å². The van der Waals surface area contributed by atoms with Gasteiger partial charge in [-0.15, -0.1) is 0 Å². The van der Waals surface area contributed by atoms with Gasteiger partial charge in [-0.2, -0.15) is 0 Å². The van der Waals surface area contributed by atoms with Crippen LogP contribution in [-0.2, 0) is 12.8 Å². The summed E-state index contributed by atoms with van der Waals surface area (Å²) in [7, 11) is 0. The summed E-state index contributed by atoms with van der Waals surface area (Å²) < 4.78 is 0. The van der Waals surface area contributed by atoms with E-state index in [4.69, 9.17) is 5.73 Å². The lowest BCUT2D eigenvalue weighted by molar-refractivity contribution is 0.865. The maximum absolute atomic E-state index is 5.43. The number of anilines is 1. The third kappa shape index (κ3) is 1.85. The van der Waals surface area contributed by atoms with Gasteiger partial charge >= 0.3 is 0 Å². The molecule has 14 heavy (non-hydrogen) atoms. The van der Waals surface area contributed by atoms with Crippen LogP contribution in [0.1, 0.15) is 24.1 Å². The number of aryl methyl sites for hydroxylation is 1. The molecule has 0 bridgehead atoms. The lowest BCUT2D eigenvalue weighted by atomic mass is 10.2. The Morgan fingerprint density at radius 1 is 1.36 bits per heavy atom. The van der Waals surface area contributed by atoms with E-state index in [0.717, 1.165) is 38.2 Å². The molecule has 0 unspecified atom stereocenters. The molecule has 0 amide bonds. The zero-order valence-corrected chi connectivity index (χ0v) is 8.29. The molecular weight excluding hydrogens is 176 g/mol. The molecule has 0 saturated heterocycles. The van der Waals surface area contributed by atoms with Gasteiger partial charge < -0.3 is 11.1 Å². The molecule has 0 radical (unpaired) electrons. The van der Waals surface area contributed by atoms with Crippen molar-refractivity contribution < 1.29 is 0 Å². The number of hydrogen-bond acceptors (Lipinski definition) is 4. The van der Waals surface area contributed by atoms with Crippen molar-refractivity contribution in [1.29, 1.82) is 0 Å². The van der Waals surface area contributed by atoms with E-state index in [-0.39, 0.29) is 0 Å². The topological polar surface area (TPSA) is 63.8 Å². The predicted octanol–water partition coefficient (Wildman–Crippen LogP) is 0.726. The van der Waals surface area contributed by atoms with Gasteiger partial charge in [-0.25, -0.2) is 9.97 Å². The first-order valence-electron chi connectivity index (χ1n) is 5.18. The van der Waals surface area contributed by atoms with Crippen LogP contribution in [0.4, 0.5) is 5.82 Å². The summed E-state index contributed by atoms with van der Waals surface area (Å²) >= 11 is 0. The highest BCUT2D eigenvalue weighted by Crippen LogP contribution is 2.24. The summed E-state index contributed by atoms with van der Waals surface area (Å²) in [6.45, 7) is 1.63. The molecule has 0 fully saturated rings. The van der Waals surface area contributed by atoms with Crippen molar-refractivity contribution in [2.75, 3.05) is 18.4 Å². The third-order valence-electron chi connectivity index (χ3n) is 2.55. The van der Waals surface area contributed by atoms with E-state index in [0.29, 0.717) is 0 Å². The Hall–Kier alpha value is -1.16. The number of hydrogen-bond donors (Lipinski definition) is 2. The molecule has 3 N–H and O–H groups in total. The first kappa shape index (κ1) is 9.40. The molecule has 0 aliphatic heterocycles. The van der Waals surface area contributed by atoms with Crippen LogP contribution in [0, 0.1) is 0 Å². The predicted molar refractivity (Wildman–Crippen MR) is 56.2 cm³/mol. The van der Waals surface area contributed by atoms with Gasteiger partial charge in [0.15, 0.2) is 0 Å². The molecule has 4 nitrogen and oxygen atoms in total. The highest BCUT2D eigenvalue weighted by molar-refractivity contribution is 5.47. The van der Waals surface area contributed by atoms with Gasteiger partial charge in [0.2, 0.25) is 0 Å². The van der Waals surface area contributed by atoms with Gasteiger partial charge in [0, 0.05) is 17.8 Å². The van der Waals surface area contributed by atoms with E-state index < -0.39 is 0 Å². The molecule has 0 spiro atoms. The molecule has 0 saturated carbocycles. The van der Waals surface area contributed by atoms with Crippen LogP contribution in [0.5, 0.6) is 0 Å². The first-order valence-corrected chi connectivity index (χ1v) is 5.18.